The van der Waals surface area contributed by atoms with Crippen molar-refractivity contribution >= 4 is 11.8 Å². The third-order valence-electron chi connectivity index (χ3n) is 9.17. The quantitative estimate of drug-likeness (QED) is 0.222. The van der Waals surface area contributed by atoms with Crippen LogP contribution in [0.1, 0.15) is 66.7 Å². The monoisotopic (exact) mass is 621 g/mol. The number of terminal acetylenes is 1. The zero-order valence-corrected chi connectivity index (χ0v) is 28.9. The van der Waals surface area contributed by atoms with Crippen LogP contribution in [0, 0.1) is 29.6 Å². The minimum Gasteiger partial charge on any atom is -0.467 e. The van der Waals surface area contributed by atoms with Crippen LogP contribution in [0.15, 0.2) is 12.3 Å². The van der Waals surface area contributed by atoms with Crippen molar-refractivity contribution in [3.63, 3.8) is 0 Å². The van der Waals surface area contributed by atoms with Crippen molar-refractivity contribution in [3.05, 3.63) is 12.3 Å². The van der Waals surface area contributed by atoms with Gasteiger partial charge in [0.05, 0.1) is 5.76 Å². The van der Waals surface area contributed by atoms with E-state index in [-0.39, 0.29) is 30.4 Å². The number of Topliss-reactive ketones (excluding diaryl/α,β-unsaturated/α-hetero) is 1. The molecule has 0 saturated carbocycles. The number of esters is 1. The number of nitrogens with zero attached hydrogens (tertiary/aromatic N) is 3. The van der Waals surface area contributed by atoms with Gasteiger partial charge in [0.1, 0.15) is 24.2 Å². The fraction of sp³-hybridized carbons (Fsp3) is 0.824. The van der Waals surface area contributed by atoms with Crippen LogP contribution in [-0.4, -0.2) is 129 Å². The van der Waals surface area contributed by atoms with Crippen molar-refractivity contribution in [1.29, 1.82) is 0 Å². The van der Waals surface area contributed by atoms with E-state index in [9.17, 15) is 14.7 Å². The third-order valence-corrected chi connectivity index (χ3v) is 9.17. The predicted molar refractivity (Wildman–Crippen MR) is 172 cm³/mol. The second-order valence-corrected chi connectivity index (χ2v) is 13.8. The van der Waals surface area contributed by atoms with Crippen LogP contribution in [0.4, 0.5) is 0 Å². The highest BCUT2D eigenvalue weighted by molar-refractivity contribution is 6.04. The Labute approximate surface area is 266 Å². The van der Waals surface area contributed by atoms with Gasteiger partial charge in [0, 0.05) is 38.1 Å². The van der Waals surface area contributed by atoms with Crippen LogP contribution in [-0.2, 0) is 28.5 Å². The predicted octanol–water partition coefficient (Wildman–Crippen LogP) is 3.18. The average Bonchev–Trinajstić information content (AvgIpc) is 2.96. The van der Waals surface area contributed by atoms with Gasteiger partial charge >= 0.3 is 5.97 Å². The molecule has 0 bridgehead atoms. The Kier molecular flexibility index (Phi) is 14.3. The van der Waals surface area contributed by atoms with Crippen molar-refractivity contribution in [2.45, 2.75) is 103 Å². The maximum Gasteiger partial charge on any atom is 0.319 e. The van der Waals surface area contributed by atoms with Crippen LogP contribution in [0.3, 0.4) is 0 Å². The first-order valence-corrected chi connectivity index (χ1v) is 16.0. The molecule has 2 saturated heterocycles. The fourth-order valence-electron chi connectivity index (χ4n) is 6.57. The van der Waals surface area contributed by atoms with E-state index >= 15 is 0 Å². The van der Waals surface area contributed by atoms with Gasteiger partial charge in [-0.25, -0.2) is 0 Å². The summed E-state index contributed by atoms with van der Waals surface area (Å²) in [6.45, 7) is 15.7. The Hall–Kier alpha value is -2.00. The molecule has 44 heavy (non-hydrogen) atoms. The molecule has 2 fully saturated rings. The van der Waals surface area contributed by atoms with Gasteiger partial charge in [-0.1, -0.05) is 33.3 Å². The molecule has 8 atom stereocenters. The van der Waals surface area contributed by atoms with Crippen LogP contribution < -0.4 is 0 Å². The van der Waals surface area contributed by atoms with E-state index in [4.69, 9.17) is 25.4 Å². The summed E-state index contributed by atoms with van der Waals surface area (Å²) in [6, 6.07) is -0.331. The molecule has 2 aliphatic rings. The topological polar surface area (TPSA) is 101 Å². The van der Waals surface area contributed by atoms with E-state index in [0.29, 0.717) is 25.1 Å². The van der Waals surface area contributed by atoms with Gasteiger partial charge in [-0.3, -0.25) is 14.5 Å². The Bertz CT molecular complexity index is 1010. The number of hydrogen-bond donors (Lipinski definition) is 1. The van der Waals surface area contributed by atoms with Crippen molar-refractivity contribution in [3.8, 4) is 12.3 Å². The number of carbonyl (C=O) groups is 2. The van der Waals surface area contributed by atoms with Gasteiger partial charge in [0.25, 0.3) is 0 Å². The third kappa shape index (κ3) is 9.27. The first-order valence-electron chi connectivity index (χ1n) is 16.0. The SMILES string of the molecule is C#C[C@@]1(OC)C[C@@H](C)CN(CCC)[C@H](CCCN(C)C)COC(=O)C(C)(C)C(=O)[C@H](C)[C@H]1O[C@@H]1OC(=C)C[C@H](N(C)C)[C@H]1O. The van der Waals surface area contributed by atoms with E-state index in [2.05, 4.69) is 36.1 Å². The highest BCUT2D eigenvalue weighted by atomic mass is 16.7. The number of methoxy groups -OCH3 is 1. The standard InChI is InChI=1S/C34H59N3O7/c1-13-17-37-21-23(3)20-34(14-2,41-12)30(44-31-28(38)27(36(10)11)19-24(4)43-31)25(5)29(39)33(6,7)32(40)42-22-26(37)16-15-18-35(8)9/h2,23,25-28,30-31,38H,4,13,15-22H2,1,3,5-12H3/t23-,25+,26-,27+,28-,30-,31+,34-/m1/s1. The number of cyclic esters (lactones) is 1. The molecule has 1 N–H and O–H groups in total. The summed E-state index contributed by atoms with van der Waals surface area (Å²) >= 11 is 0. The van der Waals surface area contributed by atoms with Gasteiger partial charge in [-0.05, 0) is 86.7 Å². The number of aliphatic hydroxyl groups is 1. The first kappa shape index (κ1) is 38.2. The molecular weight excluding hydrogens is 562 g/mol. The molecule has 2 aliphatic heterocycles. The lowest BCUT2D eigenvalue weighted by Gasteiger charge is -2.45. The molecule has 0 aromatic rings. The number of aliphatic hydroxyl groups excluding tert-OH is 1. The Morgan fingerprint density at radius 3 is 2.41 bits per heavy atom. The minimum absolute atomic E-state index is 0.0139. The summed E-state index contributed by atoms with van der Waals surface area (Å²) in [6.07, 6.45) is 6.53. The van der Waals surface area contributed by atoms with Gasteiger partial charge in [-0.2, -0.15) is 0 Å². The number of ether oxygens (including phenoxy) is 4. The summed E-state index contributed by atoms with van der Waals surface area (Å²) in [7, 11) is 9.33. The molecule has 10 heteroatoms. The largest absolute Gasteiger partial charge is 0.467 e. The number of carbonyl (C=O) groups excluding carboxylic acids is 2. The summed E-state index contributed by atoms with van der Waals surface area (Å²) in [5.74, 6) is 1.44. The molecule has 0 radical (unpaired) electrons. The summed E-state index contributed by atoms with van der Waals surface area (Å²) in [5, 5.41) is 11.3. The van der Waals surface area contributed by atoms with Gasteiger partial charge < -0.3 is 33.9 Å². The number of hydrogen-bond acceptors (Lipinski definition) is 10. The summed E-state index contributed by atoms with van der Waals surface area (Å²) in [5.41, 5.74) is -2.85. The van der Waals surface area contributed by atoms with Crippen molar-refractivity contribution in [1.82, 2.24) is 14.7 Å². The fourth-order valence-corrected chi connectivity index (χ4v) is 6.57. The zero-order chi connectivity index (χ0) is 33.4. The van der Waals surface area contributed by atoms with Crippen LogP contribution in [0.5, 0.6) is 0 Å². The maximum atomic E-state index is 14.2. The van der Waals surface area contributed by atoms with E-state index in [1.54, 1.807) is 20.8 Å². The zero-order valence-electron chi connectivity index (χ0n) is 28.9. The molecule has 0 unspecified atom stereocenters. The number of likely N-dealkylation sites (N-methyl/N-ethyl adjacent to an activating group) is 1. The van der Waals surface area contributed by atoms with Gasteiger partial charge in [0.15, 0.2) is 11.4 Å². The molecule has 0 spiro atoms. The lowest BCUT2D eigenvalue weighted by molar-refractivity contribution is -0.261. The summed E-state index contributed by atoms with van der Waals surface area (Å²) in [4.78, 5) is 34.2. The van der Waals surface area contributed by atoms with E-state index in [0.717, 1.165) is 32.4 Å². The lowest BCUT2D eigenvalue weighted by Crippen LogP contribution is -2.58. The smallest absolute Gasteiger partial charge is 0.319 e. The van der Waals surface area contributed by atoms with Gasteiger partial charge in [0.2, 0.25) is 6.29 Å². The highest BCUT2D eigenvalue weighted by Gasteiger charge is 2.52. The molecule has 0 aromatic heterocycles. The molecule has 10 nitrogen and oxygen atoms in total. The molecule has 0 aromatic carbocycles. The van der Waals surface area contributed by atoms with Crippen molar-refractivity contribution in [2.75, 3.05) is 61.5 Å². The average molecular weight is 622 g/mol. The van der Waals surface area contributed by atoms with Crippen LogP contribution in [0.25, 0.3) is 0 Å². The lowest BCUT2D eigenvalue weighted by atomic mass is 9.73. The van der Waals surface area contributed by atoms with Crippen molar-refractivity contribution in [2.24, 2.45) is 17.3 Å². The summed E-state index contributed by atoms with van der Waals surface area (Å²) < 4.78 is 24.5. The number of ketones is 1. The molecule has 0 amide bonds. The Morgan fingerprint density at radius 2 is 1.86 bits per heavy atom. The Morgan fingerprint density at radius 1 is 1.20 bits per heavy atom. The van der Waals surface area contributed by atoms with E-state index in [1.165, 1.54) is 7.11 Å². The minimum atomic E-state index is -1.49. The molecule has 252 valence electrons. The van der Waals surface area contributed by atoms with Crippen molar-refractivity contribution < 1.29 is 33.6 Å². The van der Waals surface area contributed by atoms with Crippen LogP contribution in [0.2, 0.25) is 0 Å². The second kappa shape index (κ2) is 16.5. The molecular formula is C34H59N3O7. The van der Waals surface area contributed by atoms with E-state index in [1.807, 2.05) is 33.1 Å². The highest BCUT2D eigenvalue weighted by Crippen LogP contribution is 2.38. The second-order valence-electron chi connectivity index (χ2n) is 13.8. The normalized spacial score (nSPS) is 34.5. The van der Waals surface area contributed by atoms with Gasteiger partial charge in [-0.15, -0.1) is 6.42 Å². The molecule has 2 heterocycles. The molecule has 0 aliphatic carbocycles. The molecule has 2 rings (SSSR count). The Balaban J connectivity index is 2.61. The number of rotatable bonds is 10. The van der Waals surface area contributed by atoms with Crippen LogP contribution >= 0.6 is 0 Å². The van der Waals surface area contributed by atoms with E-state index < -0.39 is 41.4 Å². The maximum absolute atomic E-state index is 14.2. The first-order chi connectivity index (χ1) is 20.5.